The summed E-state index contributed by atoms with van der Waals surface area (Å²) in [5.41, 5.74) is -0.241. The van der Waals surface area contributed by atoms with Gasteiger partial charge in [-0.1, -0.05) is 32.7 Å². The third-order valence-electron chi connectivity index (χ3n) is 1.35. The Morgan fingerprint density at radius 2 is 2.00 bits per heavy atom. The Hall–Kier alpha value is -0.220. The molecule has 0 rings (SSSR count). The van der Waals surface area contributed by atoms with Gasteiger partial charge in [0.2, 0.25) is 0 Å². The van der Waals surface area contributed by atoms with Gasteiger partial charge in [-0.25, -0.2) is 4.72 Å². The number of carboxylic acids is 1. The van der Waals surface area contributed by atoms with E-state index < -0.39 is 12.0 Å². The van der Waals surface area contributed by atoms with E-state index in [1.165, 1.54) is 11.9 Å². The largest absolute Gasteiger partial charge is 0.480 e. The van der Waals surface area contributed by atoms with Gasteiger partial charge in [-0.05, 0) is 11.7 Å². The van der Waals surface area contributed by atoms with Gasteiger partial charge in [0, 0.05) is 0 Å². The van der Waals surface area contributed by atoms with Gasteiger partial charge in [0.1, 0.15) is 6.04 Å². The van der Waals surface area contributed by atoms with E-state index in [2.05, 4.69) is 4.72 Å². The van der Waals surface area contributed by atoms with Gasteiger partial charge < -0.3 is 5.11 Å². The molecule has 0 aromatic carbocycles. The lowest BCUT2D eigenvalue weighted by Gasteiger charge is -2.26. The van der Waals surface area contributed by atoms with Crippen LogP contribution in [0.4, 0.5) is 0 Å². The Morgan fingerprint density at radius 3 is 2.09 bits per heavy atom. The minimum absolute atomic E-state index is 0.241. The van der Waals surface area contributed by atoms with Crippen molar-refractivity contribution in [3.05, 3.63) is 0 Å². The first-order valence-electron chi connectivity index (χ1n) is 3.41. The van der Waals surface area contributed by atoms with Crippen LogP contribution >= 0.6 is 11.9 Å². The van der Waals surface area contributed by atoms with Crippen molar-refractivity contribution in [2.45, 2.75) is 26.8 Å². The first-order chi connectivity index (χ1) is 4.89. The molecule has 0 heterocycles. The number of rotatable bonds is 3. The summed E-state index contributed by atoms with van der Waals surface area (Å²) < 4.78 is 2.84. The van der Waals surface area contributed by atoms with Crippen molar-refractivity contribution in [1.29, 1.82) is 0 Å². The van der Waals surface area contributed by atoms with Gasteiger partial charge in [-0.15, -0.1) is 0 Å². The van der Waals surface area contributed by atoms with Gasteiger partial charge in [0.25, 0.3) is 0 Å². The first-order valence-corrected chi connectivity index (χ1v) is 4.63. The van der Waals surface area contributed by atoms with Crippen LogP contribution < -0.4 is 4.72 Å². The molecule has 2 N–H and O–H groups in total. The number of aliphatic carboxylic acids is 1. The number of carbonyl (C=O) groups is 1. The van der Waals surface area contributed by atoms with Crippen LogP contribution in [0.1, 0.15) is 20.8 Å². The van der Waals surface area contributed by atoms with Gasteiger partial charge >= 0.3 is 5.97 Å². The van der Waals surface area contributed by atoms with Crippen LogP contribution in [0.15, 0.2) is 0 Å². The molecular weight excluding hydrogens is 162 g/mol. The highest BCUT2D eigenvalue weighted by Gasteiger charge is 2.30. The van der Waals surface area contributed by atoms with Gasteiger partial charge in [0.05, 0.1) is 0 Å². The smallest absolute Gasteiger partial charge is 0.322 e. The van der Waals surface area contributed by atoms with E-state index in [9.17, 15) is 4.79 Å². The number of carboxylic acid groups (broad SMARTS) is 1. The molecule has 0 aromatic rings. The molecule has 0 aromatic heterocycles. The standard InChI is InChI=1S/C7H15NO2S/c1-7(2,3)5(6(9)10)8-11-4/h5,8H,1-4H3,(H,9,10)/t5-/m0/s1. The van der Waals surface area contributed by atoms with Crippen molar-refractivity contribution >= 4 is 17.9 Å². The van der Waals surface area contributed by atoms with Crippen LogP contribution in [0.3, 0.4) is 0 Å². The van der Waals surface area contributed by atoms with E-state index in [0.29, 0.717) is 0 Å². The molecule has 0 aliphatic rings. The van der Waals surface area contributed by atoms with Gasteiger partial charge in [-0.2, -0.15) is 0 Å². The fourth-order valence-corrected chi connectivity index (χ4v) is 1.41. The van der Waals surface area contributed by atoms with E-state index in [4.69, 9.17) is 5.11 Å². The molecule has 0 radical (unpaired) electrons. The highest BCUT2D eigenvalue weighted by atomic mass is 32.2. The molecule has 3 nitrogen and oxygen atoms in total. The summed E-state index contributed by atoms with van der Waals surface area (Å²) in [7, 11) is 0. The summed E-state index contributed by atoms with van der Waals surface area (Å²) in [6.07, 6.45) is 1.82. The Kier molecular flexibility index (Phi) is 3.89. The molecule has 66 valence electrons. The maximum absolute atomic E-state index is 10.7. The zero-order valence-corrected chi connectivity index (χ0v) is 8.16. The van der Waals surface area contributed by atoms with Gasteiger partial charge in [0.15, 0.2) is 0 Å². The predicted octanol–water partition coefficient (Wildman–Crippen LogP) is 1.35. The van der Waals surface area contributed by atoms with Crippen LogP contribution in [0.5, 0.6) is 0 Å². The van der Waals surface area contributed by atoms with E-state index in [1.54, 1.807) is 0 Å². The zero-order valence-electron chi connectivity index (χ0n) is 7.34. The highest BCUT2D eigenvalue weighted by Crippen LogP contribution is 2.20. The third kappa shape index (κ3) is 3.62. The van der Waals surface area contributed by atoms with E-state index >= 15 is 0 Å². The highest BCUT2D eigenvalue weighted by molar-refractivity contribution is 7.96. The Morgan fingerprint density at radius 1 is 1.55 bits per heavy atom. The normalized spacial score (nSPS) is 14.5. The summed E-state index contributed by atoms with van der Waals surface area (Å²) in [5.74, 6) is -0.799. The molecule has 0 amide bonds. The molecule has 11 heavy (non-hydrogen) atoms. The minimum atomic E-state index is -0.799. The second kappa shape index (κ2) is 3.97. The Labute approximate surface area is 71.7 Å². The molecule has 0 fully saturated rings. The molecule has 1 atom stereocenters. The molecule has 0 aliphatic carbocycles. The second-order valence-electron chi connectivity index (χ2n) is 3.46. The fraction of sp³-hybridized carbons (Fsp3) is 0.857. The monoisotopic (exact) mass is 177 g/mol. The van der Waals surface area contributed by atoms with Crippen molar-refractivity contribution in [3.63, 3.8) is 0 Å². The third-order valence-corrected chi connectivity index (χ3v) is 1.82. The molecular formula is C7H15NO2S. The van der Waals surface area contributed by atoms with Crippen molar-refractivity contribution in [3.8, 4) is 0 Å². The molecule has 0 aliphatic heterocycles. The van der Waals surface area contributed by atoms with Crippen LogP contribution in [0, 0.1) is 5.41 Å². The molecule has 4 heteroatoms. The van der Waals surface area contributed by atoms with Crippen molar-refractivity contribution < 1.29 is 9.90 Å². The van der Waals surface area contributed by atoms with Crippen molar-refractivity contribution in [2.75, 3.05) is 6.26 Å². The molecule has 0 saturated carbocycles. The lowest BCUT2D eigenvalue weighted by molar-refractivity contribution is -0.141. The average molecular weight is 177 g/mol. The lowest BCUT2D eigenvalue weighted by Crippen LogP contribution is -2.43. The summed E-state index contributed by atoms with van der Waals surface area (Å²) in [6, 6.07) is -0.488. The van der Waals surface area contributed by atoms with Crippen LogP contribution in [-0.4, -0.2) is 23.4 Å². The van der Waals surface area contributed by atoms with Crippen LogP contribution in [-0.2, 0) is 4.79 Å². The summed E-state index contributed by atoms with van der Waals surface area (Å²) >= 11 is 1.33. The quantitative estimate of drug-likeness (QED) is 0.639. The fourth-order valence-electron chi connectivity index (χ4n) is 0.715. The van der Waals surface area contributed by atoms with E-state index in [1.807, 2.05) is 27.0 Å². The predicted molar refractivity (Wildman–Crippen MR) is 47.5 cm³/mol. The summed E-state index contributed by atoms with van der Waals surface area (Å²) in [6.45, 7) is 5.69. The van der Waals surface area contributed by atoms with Crippen LogP contribution in [0.25, 0.3) is 0 Å². The summed E-state index contributed by atoms with van der Waals surface area (Å²) in [4.78, 5) is 10.7. The molecule has 0 bridgehead atoms. The topological polar surface area (TPSA) is 49.3 Å². The maximum atomic E-state index is 10.7. The molecule has 0 spiro atoms. The molecule has 0 unspecified atom stereocenters. The zero-order chi connectivity index (χ0) is 9.07. The minimum Gasteiger partial charge on any atom is -0.480 e. The lowest BCUT2D eigenvalue weighted by atomic mass is 9.88. The molecule has 0 saturated heterocycles. The second-order valence-corrected chi connectivity index (χ2v) is 4.10. The van der Waals surface area contributed by atoms with E-state index in [-0.39, 0.29) is 5.41 Å². The number of hydrogen-bond acceptors (Lipinski definition) is 3. The first kappa shape index (κ1) is 10.8. The average Bonchev–Trinajstić information content (AvgIpc) is 1.79. The van der Waals surface area contributed by atoms with Gasteiger partial charge in [-0.3, -0.25) is 4.79 Å². The summed E-state index contributed by atoms with van der Waals surface area (Å²) in [5, 5.41) is 8.76. The van der Waals surface area contributed by atoms with Crippen molar-refractivity contribution in [2.24, 2.45) is 5.41 Å². The Balaban J connectivity index is 4.22. The Bertz CT molecular complexity index is 142. The SMILES string of the molecule is CSN[C@@H](C(=O)O)C(C)(C)C. The number of hydrogen-bond donors (Lipinski definition) is 2. The number of nitrogens with one attached hydrogen (secondary N) is 1. The van der Waals surface area contributed by atoms with E-state index in [0.717, 1.165) is 0 Å². The van der Waals surface area contributed by atoms with Crippen LogP contribution in [0.2, 0.25) is 0 Å². The van der Waals surface area contributed by atoms with Crippen molar-refractivity contribution in [1.82, 2.24) is 4.72 Å². The maximum Gasteiger partial charge on any atom is 0.322 e.